The summed E-state index contributed by atoms with van der Waals surface area (Å²) >= 11 is 0. The van der Waals surface area contributed by atoms with Gasteiger partial charge in [0.25, 0.3) is 5.91 Å². The maximum Gasteiger partial charge on any atom is 0.321 e. The number of likely N-dealkylation sites (tertiary alicyclic amines) is 1. The fraction of sp³-hybridized carbons (Fsp3) is 0.778. The van der Waals surface area contributed by atoms with Crippen LogP contribution in [0.15, 0.2) is 0 Å². The Bertz CT molecular complexity index is 565. The van der Waals surface area contributed by atoms with E-state index in [1.54, 1.807) is 6.92 Å². The first kappa shape index (κ1) is 20.2. The zero-order chi connectivity index (χ0) is 19.3. The van der Waals surface area contributed by atoms with E-state index >= 15 is 0 Å². The molecule has 0 bridgehead atoms. The molecular formula is C18H29N3O5. The molecule has 0 spiro atoms. The Kier molecular flexibility index (Phi) is 6.99. The average molecular weight is 367 g/mol. The van der Waals surface area contributed by atoms with Gasteiger partial charge in [0.15, 0.2) is 6.61 Å². The summed E-state index contributed by atoms with van der Waals surface area (Å²) < 4.78 is 4.99. The summed E-state index contributed by atoms with van der Waals surface area (Å²) in [4.78, 5) is 49.2. The van der Waals surface area contributed by atoms with Crippen molar-refractivity contribution in [2.75, 3.05) is 19.7 Å². The summed E-state index contributed by atoms with van der Waals surface area (Å²) in [5, 5.41) is 4.48. The van der Waals surface area contributed by atoms with E-state index in [1.165, 1.54) is 6.42 Å². The van der Waals surface area contributed by atoms with Gasteiger partial charge in [-0.3, -0.25) is 19.7 Å². The minimum Gasteiger partial charge on any atom is -0.455 e. The van der Waals surface area contributed by atoms with Gasteiger partial charge < -0.3 is 15.0 Å². The molecule has 0 radical (unpaired) electrons. The van der Waals surface area contributed by atoms with Gasteiger partial charge in [0.05, 0.1) is 5.92 Å². The Labute approximate surface area is 154 Å². The Balaban J connectivity index is 1.83. The number of nitrogens with zero attached hydrogens (tertiary/aromatic N) is 1. The zero-order valence-electron chi connectivity index (χ0n) is 15.7. The third-order valence-electron chi connectivity index (χ3n) is 5.49. The lowest BCUT2D eigenvalue weighted by molar-refractivity contribution is -0.152. The van der Waals surface area contributed by atoms with Gasteiger partial charge in [-0.25, -0.2) is 4.79 Å². The number of nitrogens with one attached hydrogen (secondary N) is 2. The van der Waals surface area contributed by atoms with E-state index in [2.05, 4.69) is 24.5 Å². The second kappa shape index (κ2) is 9.00. The number of amides is 4. The molecule has 2 aliphatic rings. The van der Waals surface area contributed by atoms with Gasteiger partial charge >= 0.3 is 12.0 Å². The van der Waals surface area contributed by atoms with E-state index < -0.39 is 30.4 Å². The Morgan fingerprint density at radius 3 is 2.65 bits per heavy atom. The maximum atomic E-state index is 12.4. The van der Waals surface area contributed by atoms with Crippen molar-refractivity contribution in [3.63, 3.8) is 0 Å². The summed E-state index contributed by atoms with van der Waals surface area (Å²) in [6.45, 7) is 6.29. The van der Waals surface area contributed by atoms with Crippen LogP contribution < -0.4 is 10.6 Å². The molecule has 26 heavy (non-hydrogen) atoms. The minimum absolute atomic E-state index is 0.0234. The molecule has 0 unspecified atom stereocenters. The van der Waals surface area contributed by atoms with Crippen LogP contribution >= 0.6 is 0 Å². The lowest BCUT2D eigenvalue weighted by Gasteiger charge is -2.39. The predicted octanol–water partition coefficient (Wildman–Crippen LogP) is 1.05. The molecule has 4 atom stereocenters. The van der Waals surface area contributed by atoms with Crippen LogP contribution in [-0.4, -0.2) is 54.5 Å². The normalized spacial score (nSPS) is 28.6. The molecule has 146 valence electrons. The van der Waals surface area contributed by atoms with Crippen LogP contribution in [-0.2, 0) is 19.1 Å². The molecule has 8 nitrogen and oxygen atoms in total. The number of esters is 1. The Hall–Kier alpha value is -2.12. The number of hydrogen-bond acceptors (Lipinski definition) is 5. The van der Waals surface area contributed by atoms with Crippen molar-refractivity contribution in [1.82, 2.24) is 15.5 Å². The van der Waals surface area contributed by atoms with Gasteiger partial charge in [-0.15, -0.1) is 0 Å². The molecule has 1 aliphatic heterocycles. The number of carbonyl (C=O) groups is 4. The molecule has 0 aromatic heterocycles. The van der Waals surface area contributed by atoms with Gasteiger partial charge in [-0.1, -0.05) is 26.7 Å². The molecule has 1 aliphatic carbocycles. The minimum atomic E-state index is -0.694. The first-order chi connectivity index (χ1) is 12.3. The molecule has 0 aromatic rings. The van der Waals surface area contributed by atoms with Crippen LogP contribution in [0.25, 0.3) is 0 Å². The molecule has 4 amide bonds. The van der Waals surface area contributed by atoms with Crippen molar-refractivity contribution in [1.29, 1.82) is 0 Å². The van der Waals surface area contributed by atoms with Gasteiger partial charge in [-0.05, 0) is 25.2 Å². The van der Waals surface area contributed by atoms with E-state index in [1.807, 2.05) is 4.90 Å². The summed E-state index contributed by atoms with van der Waals surface area (Å²) in [5.74, 6) is -0.867. The monoisotopic (exact) mass is 367 g/mol. The average Bonchev–Trinajstić information content (AvgIpc) is 2.97. The smallest absolute Gasteiger partial charge is 0.321 e. The Morgan fingerprint density at radius 2 is 1.96 bits per heavy atom. The molecule has 1 saturated heterocycles. The van der Waals surface area contributed by atoms with Crippen molar-refractivity contribution in [2.45, 2.75) is 52.5 Å². The molecule has 8 heteroatoms. The van der Waals surface area contributed by atoms with Gasteiger partial charge in [0.1, 0.15) is 0 Å². The van der Waals surface area contributed by atoms with E-state index in [9.17, 15) is 19.2 Å². The topological polar surface area (TPSA) is 105 Å². The highest BCUT2D eigenvalue weighted by Crippen LogP contribution is 2.35. The van der Waals surface area contributed by atoms with Gasteiger partial charge in [0.2, 0.25) is 5.91 Å². The van der Waals surface area contributed by atoms with E-state index in [0.717, 1.165) is 12.8 Å². The summed E-state index contributed by atoms with van der Waals surface area (Å²) in [6.07, 6.45) is 3.35. The van der Waals surface area contributed by atoms with Gasteiger partial charge in [-0.2, -0.15) is 0 Å². The van der Waals surface area contributed by atoms with Crippen LogP contribution in [0.3, 0.4) is 0 Å². The first-order valence-corrected chi connectivity index (χ1v) is 9.37. The maximum absolute atomic E-state index is 12.4. The molecule has 1 saturated carbocycles. The standard InChI is InChI=1S/C18H29N3O5/c1-4-19-18(25)20-15(22)10-26-17(24)13-8-16(23)21(9-13)14-7-5-6-11(2)12(14)3/h11-14H,4-10H2,1-3H3,(H2,19,20,22,25)/t11-,12-,13-,14-/m0/s1. The van der Waals surface area contributed by atoms with Crippen LogP contribution in [0.1, 0.15) is 46.5 Å². The molecular weight excluding hydrogens is 338 g/mol. The second-order valence-electron chi connectivity index (χ2n) is 7.30. The van der Waals surface area contributed by atoms with Crippen molar-refractivity contribution < 1.29 is 23.9 Å². The number of ether oxygens (including phenoxy) is 1. The lowest BCUT2D eigenvalue weighted by Crippen LogP contribution is -2.45. The Morgan fingerprint density at radius 1 is 1.23 bits per heavy atom. The second-order valence-corrected chi connectivity index (χ2v) is 7.30. The molecule has 2 fully saturated rings. The van der Waals surface area contributed by atoms with Crippen molar-refractivity contribution >= 4 is 23.8 Å². The SMILES string of the molecule is CCNC(=O)NC(=O)COC(=O)[C@H]1CC(=O)N([C@H]2CCC[C@H](C)[C@@H]2C)C1. The van der Waals surface area contributed by atoms with Crippen LogP contribution in [0.2, 0.25) is 0 Å². The molecule has 0 aromatic carbocycles. The van der Waals surface area contributed by atoms with Crippen LogP contribution in [0.4, 0.5) is 4.79 Å². The van der Waals surface area contributed by atoms with Crippen molar-refractivity contribution in [2.24, 2.45) is 17.8 Å². The number of imide groups is 1. The zero-order valence-corrected chi connectivity index (χ0v) is 15.7. The van der Waals surface area contributed by atoms with Crippen molar-refractivity contribution in [3.8, 4) is 0 Å². The molecule has 2 rings (SSSR count). The number of urea groups is 1. The number of carbonyl (C=O) groups excluding carboxylic acids is 4. The summed E-state index contributed by atoms with van der Waals surface area (Å²) in [6, 6.07) is -0.457. The van der Waals surface area contributed by atoms with Gasteiger partial charge in [0, 0.05) is 25.6 Å². The molecule has 1 heterocycles. The fourth-order valence-corrected chi connectivity index (χ4v) is 3.83. The third kappa shape index (κ3) is 4.95. The highest BCUT2D eigenvalue weighted by atomic mass is 16.5. The lowest BCUT2D eigenvalue weighted by atomic mass is 9.77. The summed E-state index contributed by atoms with van der Waals surface area (Å²) in [7, 11) is 0. The van der Waals surface area contributed by atoms with E-state index in [4.69, 9.17) is 4.74 Å². The quantitative estimate of drug-likeness (QED) is 0.707. The first-order valence-electron chi connectivity index (χ1n) is 9.37. The molecule has 2 N–H and O–H groups in total. The van der Waals surface area contributed by atoms with E-state index in [0.29, 0.717) is 24.9 Å². The largest absolute Gasteiger partial charge is 0.455 e. The highest BCUT2D eigenvalue weighted by Gasteiger charge is 2.42. The van der Waals surface area contributed by atoms with Crippen LogP contribution in [0, 0.1) is 17.8 Å². The van der Waals surface area contributed by atoms with E-state index in [-0.39, 0.29) is 18.4 Å². The van der Waals surface area contributed by atoms with Crippen molar-refractivity contribution in [3.05, 3.63) is 0 Å². The predicted molar refractivity (Wildman–Crippen MR) is 94.0 cm³/mol. The third-order valence-corrected chi connectivity index (χ3v) is 5.49. The number of rotatable bonds is 5. The van der Waals surface area contributed by atoms with Crippen LogP contribution in [0.5, 0.6) is 0 Å². The number of hydrogen-bond donors (Lipinski definition) is 2. The highest BCUT2D eigenvalue weighted by molar-refractivity contribution is 5.96. The fourth-order valence-electron chi connectivity index (χ4n) is 3.83. The summed E-state index contributed by atoms with van der Waals surface area (Å²) in [5.41, 5.74) is 0.